The Morgan fingerprint density at radius 3 is 2.58 bits per heavy atom. The van der Waals surface area contributed by atoms with Crippen LogP contribution in [0, 0.1) is 0 Å². The predicted molar refractivity (Wildman–Crippen MR) is 105 cm³/mol. The van der Waals surface area contributed by atoms with Crippen LogP contribution in [0.15, 0.2) is 68.3 Å². The monoisotopic (exact) mass is 414 g/mol. The molecule has 0 fully saturated rings. The molecule has 3 rings (SSSR count). The Morgan fingerprint density at radius 2 is 1.88 bits per heavy atom. The lowest BCUT2D eigenvalue weighted by molar-refractivity contribution is 0.0914. The topological polar surface area (TPSA) is 62.6 Å². The van der Waals surface area contributed by atoms with E-state index in [0.29, 0.717) is 17.5 Å². The van der Waals surface area contributed by atoms with Crippen LogP contribution in [-0.2, 0) is 0 Å². The van der Waals surface area contributed by atoms with Crippen LogP contribution in [0.3, 0.4) is 0 Å². The maximum atomic E-state index is 12.5. The first kappa shape index (κ1) is 18.4. The summed E-state index contributed by atoms with van der Waals surface area (Å²) in [6.07, 6.45) is 0. The third-order valence-corrected chi connectivity index (χ3v) is 4.67. The number of rotatable bonds is 5. The first-order chi connectivity index (χ1) is 12.5. The smallest absolute Gasteiger partial charge is 0.287 e. The van der Waals surface area contributed by atoms with Crippen LogP contribution in [0.1, 0.15) is 22.2 Å². The summed E-state index contributed by atoms with van der Waals surface area (Å²) in [5.41, 5.74) is 1.24. The Balaban J connectivity index is 1.81. The molecule has 0 bridgehead atoms. The van der Waals surface area contributed by atoms with E-state index in [9.17, 15) is 9.59 Å². The number of nitrogens with one attached hydrogen (secondary N) is 1. The second kappa shape index (κ2) is 7.85. The molecule has 2 aromatic carbocycles. The van der Waals surface area contributed by atoms with Crippen LogP contribution >= 0.6 is 15.9 Å². The number of hydrogen-bond acceptors (Lipinski definition) is 4. The van der Waals surface area contributed by atoms with Gasteiger partial charge < -0.3 is 14.6 Å². The molecule has 1 amide bonds. The zero-order chi connectivity index (χ0) is 18.7. The lowest BCUT2D eigenvalue weighted by Gasteiger charge is -2.25. The van der Waals surface area contributed by atoms with E-state index in [4.69, 9.17) is 4.42 Å². The summed E-state index contributed by atoms with van der Waals surface area (Å²) < 4.78 is 6.41. The van der Waals surface area contributed by atoms with E-state index < -0.39 is 5.91 Å². The highest BCUT2D eigenvalue weighted by Gasteiger charge is 2.17. The minimum Gasteiger partial charge on any atom is -0.451 e. The Labute approximate surface area is 159 Å². The van der Waals surface area contributed by atoms with Gasteiger partial charge in [-0.15, -0.1) is 0 Å². The van der Waals surface area contributed by atoms with Crippen LogP contribution in [0.25, 0.3) is 11.0 Å². The number of fused-ring (bicyclic) bond motifs is 1. The van der Waals surface area contributed by atoms with Gasteiger partial charge in [0.25, 0.3) is 5.91 Å². The Bertz CT molecular complexity index is 983. The number of nitrogens with zero attached hydrogens (tertiary/aromatic N) is 1. The quantitative estimate of drug-likeness (QED) is 0.692. The van der Waals surface area contributed by atoms with Gasteiger partial charge >= 0.3 is 0 Å². The van der Waals surface area contributed by atoms with Crippen molar-refractivity contribution in [3.05, 3.63) is 80.6 Å². The van der Waals surface area contributed by atoms with Gasteiger partial charge in [0.1, 0.15) is 5.58 Å². The van der Waals surface area contributed by atoms with Crippen molar-refractivity contribution in [3.63, 3.8) is 0 Å². The standard InChI is InChI=1S/C20H19BrN2O3/c1-23(2)16(13-6-4-3-5-7-13)12-22-20(25)19-11-17(24)15-9-8-14(21)10-18(15)26-19/h3-11,16H,12H2,1-2H3,(H,22,25)/t16-/m0/s1. The number of benzene rings is 2. The second-order valence-corrected chi connectivity index (χ2v) is 7.13. The van der Waals surface area contributed by atoms with Crippen LogP contribution in [0.5, 0.6) is 0 Å². The summed E-state index contributed by atoms with van der Waals surface area (Å²) in [7, 11) is 3.91. The third kappa shape index (κ3) is 4.03. The van der Waals surface area contributed by atoms with E-state index in [2.05, 4.69) is 21.2 Å². The summed E-state index contributed by atoms with van der Waals surface area (Å²) >= 11 is 3.34. The van der Waals surface area contributed by atoms with Crippen molar-refractivity contribution in [2.45, 2.75) is 6.04 Å². The van der Waals surface area contributed by atoms with Gasteiger partial charge in [-0.05, 0) is 37.9 Å². The average molecular weight is 415 g/mol. The molecule has 0 aliphatic rings. The van der Waals surface area contributed by atoms with Crippen molar-refractivity contribution in [1.82, 2.24) is 10.2 Å². The van der Waals surface area contributed by atoms with Crippen molar-refractivity contribution >= 4 is 32.8 Å². The molecule has 1 N–H and O–H groups in total. The maximum absolute atomic E-state index is 12.5. The fourth-order valence-corrected chi connectivity index (χ4v) is 3.13. The maximum Gasteiger partial charge on any atom is 0.287 e. The summed E-state index contributed by atoms with van der Waals surface area (Å²) in [6, 6.07) is 16.3. The molecule has 1 atom stereocenters. The molecule has 26 heavy (non-hydrogen) atoms. The van der Waals surface area contributed by atoms with Gasteiger partial charge in [-0.25, -0.2) is 0 Å². The lowest BCUT2D eigenvalue weighted by atomic mass is 10.1. The van der Waals surface area contributed by atoms with Gasteiger partial charge in [0.15, 0.2) is 11.2 Å². The van der Waals surface area contributed by atoms with Crippen molar-refractivity contribution < 1.29 is 9.21 Å². The van der Waals surface area contributed by atoms with Crippen molar-refractivity contribution in [3.8, 4) is 0 Å². The zero-order valence-corrected chi connectivity index (χ0v) is 16.1. The van der Waals surface area contributed by atoms with E-state index >= 15 is 0 Å². The highest BCUT2D eigenvalue weighted by molar-refractivity contribution is 9.10. The molecule has 0 aliphatic heterocycles. The molecule has 3 aromatic rings. The highest BCUT2D eigenvalue weighted by Crippen LogP contribution is 2.19. The number of halogens is 1. The molecule has 0 spiro atoms. The number of hydrogen-bond donors (Lipinski definition) is 1. The molecule has 0 saturated heterocycles. The van der Waals surface area contributed by atoms with Gasteiger partial charge in [0.05, 0.1) is 11.4 Å². The Kier molecular flexibility index (Phi) is 5.54. The first-order valence-electron chi connectivity index (χ1n) is 8.18. The van der Waals surface area contributed by atoms with Crippen LogP contribution < -0.4 is 10.7 Å². The van der Waals surface area contributed by atoms with Crippen molar-refractivity contribution in [1.29, 1.82) is 0 Å². The molecule has 6 heteroatoms. The van der Waals surface area contributed by atoms with Crippen molar-refractivity contribution in [2.24, 2.45) is 0 Å². The van der Waals surface area contributed by atoms with E-state index in [1.54, 1.807) is 18.2 Å². The predicted octanol–water partition coefficient (Wildman–Crippen LogP) is 3.59. The Hall–Kier alpha value is -2.44. The number of carbonyl (C=O) groups is 1. The molecule has 0 aliphatic carbocycles. The summed E-state index contributed by atoms with van der Waals surface area (Å²) in [4.78, 5) is 26.8. The molecule has 1 heterocycles. The zero-order valence-electron chi connectivity index (χ0n) is 14.5. The fourth-order valence-electron chi connectivity index (χ4n) is 2.79. The summed E-state index contributed by atoms with van der Waals surface area (Å²) in [6.45, 7) is 0.399. The highest BCUT2D eigenvalue weighted by atomic mass is 79.9. The van der Waals surface area contributed by atoms with E-state index in [1.165, 1.54) is 6.07 Å². The molecule has 0 unspecified atom stereocenters. The summed E-state index contributed by atoms with van der Waals surface area (Å²) in [5.74, 6) is -0.405. The fraction of sp³-hybridized carbons (Fsp3) is 0.200. The molecule has 0 saturated carbocycles. The SMILES string of the molecule is CN(C)[C@@H](CNC(=O)c1cc(=O)c2ccc(Br)cc2o1)c1ccccc1. The second-order valence-electron chi connectivity index (χ2n) is 6.22. The minimum absolute atomic E-state index is 0.00571. The largest absolute Gasteiger partial charge is 0.451 e. The van der Waals surface area contributed by atoms with Gasteiger partial charge in [0, 0.05) is 17.1 Å². The molecular formula is C20H19BrN2O3. The number of likely N-dealkylation sites (N-methyl/N-ethyl adjacent to an activating group) is 1. The molecule has 1 aromatic heterocycles. The Morgan fingerprint density at radius 1 is 1.15 bits per heavy atom. The van der Waals surface area contributed by atoms with Gasteiger partial charge in [-0.2, -0.15) is 0 Å². The van der Waals surface area contributed by atoms with Crippen LogP contribution in [-0.4, -0.2) is 31.4 Å². The van der Waals surface area contributed by atoms with E-state index in [0.717, 1.165) is 10.0 Å². The lowest BCUT2D eigenvalue weighted by Crippen LogP contribution is -2.34. The van der Waals surface area contributed by atoms with Crippen LogP contribution in [0.4, 0.5) is 0 Å². The van der Waals surface area contributed by atoms with Gasteiger partial charge in [-0.3, -0.25) is 9.59 Å². The van der Waals surface area contributed by atoms with Crippen LogP contribution in [0.2, 0.25) is 0 Å². The molecule has 5 nitrogen and oxygen atoms in total. The summed E-state index contributed by atoms with van der Waals surface area (Å²) in [5, 5.41) is 3.31. The third-order valence-electron chi connectivity index (χ3n) is 4.18. The van der Waals surface area contributed by atoms with E-state index in [1.807, 2.05) is 49.3 Å². The molecular weight excluding hydrogens is 396 g/mol. The first-order valence-corrected chi connectivity index (χ1v) is 8.98. The minimum atomic E-state index is -0.410. The molecule has 0 radical (unpaired) electrons. The van der Waals surface area contributed by atoms with Gasteiger partial charge in [0.2, 0.25) is 0 Å². The van der Waals surface area contributed by atoms with E-state index in [-0.39, 0.29) is 17.2 Å². The average Bonchev–Trinajstić information content (AvgIpc) is 2.61. The molecule has 134 valence electrons. The number of amides is 1. The van der Waals surface area contributed by atoms with Gasteiger partial charge in [-0.1, -0.05) is 46.3 Å². The normalized spacial score (nSPS) is 12.3. The van der Waals surface area contributed by atoms with Crippen molar-refractivity contribution in [2.75, 3.05) is 20.6 Å². The number of carbonyl (C=O) groups excluding carboxylic acids is 1.